The Morgan fingerprint density at radius 2 is 2.08 bits per heavy atom. The number of hydrogen-bond acceptors (Lipinski definition) is 7. The number of carbonyl (C=O) groups excluding carboxylic acids is 2. The van der Waals surface area contributed by atoms with Crippen LogP contribution in [-0.2, 0) is 0 Å². The molecule has 3 heterocycles. The van der Waals surface area contributed by atoms with Crippen molar-refractivity contribution in [1.29, 1.82) is 0 Å². The summed E-state index contributed by atoms with van der Waals surface area (Å²) in [6, 6.07) is 6.39. The van der Waals surface area contributed by atoms with Gasteiger partial charge in [-0.05, 0) is 37.6 Å². The summed E-state index contributed by atoms with van der Waals surface area (Å²) in [6.45, 7) is 6.39. The Balaban J connectivity index is 1.61. The van der Waals surface area contributed by atoms with E-state index in [9.17, 15) is 14.7 Å². The first-order chi connectivity index (χ1) is 17.8. The lowest BCUT2D eigenvalue weighted by atomic mass is 9.99. The summed E-state index contributed by atoms with van der Waals surface area (Å²) in [5.74, 6) is 6.87. The third-order valence-electron chi connectivity index (χ3n) is 6.55. The molecule has 2 aromatic rings. The van der Waals surface area contributed by atoms with Gasteiger partial charge in [0.25, 0.3) is 11.8 Å². The van der Waals surface area contributed by atoms with Crippen molar-refractivity contribution in [3.63, 3.8) is 0 Å². The van der Waals surface area contributed by atoms with Crippen molar-refractivity contribution in [3.05, 3.63) is 47.2 Å². The highest BCUT2D eigenvalue weighted by Gasteiger charge is 2.35. The van der Waals surface area contributed by atoms with Crippen molar-refractivity contribution in [3.8, 4) is 29.2 Å². The molecule has 2 aliphatic rings. The van der Waals surface area contributed by atoms with E-state index < -0.39 is 12.1 Å². The van der Waals surface area contributed by atoms with Gasteiger partial charge in [-0.15, -0.1) is 0 Å². The van der Waals surface area contributed by atoms with Gasteiger partial charge in [0.05, 0.1) is 19.2 Å². The highest BCUT2D eigenvalue weighted by Crippen LogP contribution is 2.33. The van der Waals surface area contributed by atoms with Crippen LogP contribution in [0.15, 0.2) is 30.5 Å². The summed E-state index contributed by atoms with van der Waals surface area (Å²) in [4.78, 5) is 34.4. The topological polar surface area (TPSA) is 101 Å². The summed E-state index contributed by atoms with van der Waals surface area (Å²) >= 11 is 0. The summed E-state index contributed by atoms with van der Waals surface area (Å²) < 4.78 is 17.0. The van der Waals surface area contributed by atoms with Crippen LogP contribution < -0.4 is 14.2 Å². The van der Waals surface area contributed by atoms with Crippen LogP contribution in [0.1, 0.15) is 59.9 Å². The van der Waals surface area contributed by atoms with Crippen LogP contribution in [0.25, 0.3) is 0 Å². The van der Waals surface area contributed by atoms with E-state index in [0.717, 1.165) is 12.8 Å². The molecule has 196 valence electrons. The van der Waals surface area contributed by atoms with Crippen LogP contribution in [0.3, 0.4) is 0 Å². The molecule has 9 heteroatoms. The molecular formula is C28H33N3O6. The molecule has 0 saturated carbocycles. The number of aliphatic hydroxyl groups is 1. The first-order valence-electron chi connectivity index (χ1n) is 12.5. The fourth-order valence-corrected chi connectivity index (χ4v) is 4.28. The van der Waals surface area contributed by atoms with Gasteiger partial charge in [0.1, 0.15) is 11.7 Å². The number of fused-ring (bicyclic) bond motifs is 2. The van der Waals surface area contributed by atoms with E-state index in [1.54, 1.807) is 54.2 Å². The monoisotopic (exact) mass is 507 g/mol. The Morgan fingerprint density at radius 1 is 1.30 bits per heavy atom. The number of benzene rings is 1. The van der Waals surface area contributed by atoms with Crippen LogP contribution in [0.4, 0.5) is 0 Å². The Kier molecular flexibility index (Phi) is 8.19. The van der Waals surface area contributed by atoms with Crippen LogP contribution >= 0.6 is 0 Å². The molecule has 4 rings (SSSR count). The first-order valence-corrected chi connectivity index (χ1v) is 12.5. The van der Waals surface area contributed by atoms with E-state index in [1.807, 2.05) is 6.92 Å². The molecule has 37 heavy (non-hydrogen) atoms. The van der Waals surface area contributed by atoms with Crippen molar-refractivity contribution < 1.29 is 28.9 Å². The minimum Gasteiger partial charge on any atom is -0.472 e. The maximum Gasteiger partial charge on any atom is 0.259 e. The lowest BCUT2D eigenvalue weighted by Crippen LogP contribution is -2.50. The predicted molar refractivity (Wildman–Crippen MR) is 137 cm³/mol. The van der Waals surface area contributed by atoms with Gasteiger partial charge in [-0.2, -0.15) is 0 Å². The number of nitrogens with zero attached hydrogens (tertiary/aromatic N) is 3. The number of pyridine rings is 1. The standard InChI is InChI=1S/C28H33N3O6/c1-5-6-7-8-20-11-22-26(29-13-20)37-25(18(2)14-31(28(22)34)19(3)16-32)15-30(4)27(33)21-9-10-23-24(12-21)36-17-35-23/h9-13,18-19,25,32H,5-6,14-17H2,1-4H3/t18-,19+,25-/m1/s1. The Bertz CT molecular complexity index is 1220. The highest BCUT2D eigenvalue weighted by atomic mass is 16.7. The molecule has 1 aromatic carbocycles. The Morgan fingerprint density at radius 3 is 2.84 bits per heavy atom. The average molecular weight is 508 g/mol. The molecular weight excluding hydrogens is 474 g/mol. The maximum atomic E-state index is 13.5. The number of amides is 2. The van der Waals surface area contributed by atoms with Gasteiger partial charge in [-0.3, -0.25) is 9.59 Å². The van der Waals surface area contributed by atoms with Gasteiger partial charge in [0.2, 0.25) is 12.7 Å². The van der Waals surface area contributed by atoms with E-state index >= 15 is 0 Å². The van der Waals surface area contributed by atoms with Crippen LogP contribution in [-0.4, -0.2) is 77.4 Å². The second-order valence-electron chi connectivity index (χ2n) is 9.50. The molecule has 0 radical (unpaired) electrons. The Labute approximate surface area is 217 Å². The number of rotatable bonds is 6. The summed E-state index contributed by atoms with van der Waals surface area (Å²) in [7, 11) is 1.71. The largest absolute Gasteiger partial charge is 0.472 e. The smallest absolute Gasteiger partial charge is 0.259 e. The first kappa shape index (κ1) is 26.3. The molecule has 1 aromatic heterocycles. The van der Waals surface area contributed by atoms with Gasteiger partial charge in [-0.25, -0.2) is 4.98 Å². The van der Waals surface area contributed by atoms with Gasteiger partial charge >= 0.3 is 0 Å². The molecule has 3 atom stereocenters. The fraction of sp³-hybridized carbons (Fsp3) is 0.464. The molecule has 0 bridgehead atoms. The number of likely N-dealkylation sites (N-methyl/N-ethyl adjacent to an activating group) is 1. The van der Waals surface area contributed by atoms with Crippen LogP contribution in [0.5, 0.6) is 17.4 Å². The lowest BCUT2D eigenvalue weighted by Gasteiger charge is -2.37. The second kappa shape index (κ2) is 11.5. The normalized spacial score (nSPS) is 19.1. The highest BCUT2D eigenvalue weighted by molar-refractivity contribution is 5.97. The molecule has 2 aliphatic heterocycles. The number of aliphatic hydroxyl groups excluding tert-OH is 1. The van der Waals surface area contributed by atoms with Crippen molar-refractivity contribution in [2.45, 2.75) is 45.8 Å². The molecule has 2 amide bonds. The van der Waals surface area contributed by atoms with E-state index in [2.05, 4.69) is 23.7 Å². The molecule has 0 spiro atoms. The maximum absolute atomic E-state index is 13.5. The number of aromatic nitrogens is 1. The van der Waals surface area contributed by atoms with E-state index in [1.165, 1.54) is 0 Å². The molecule has 0 fully saturated rings. The number of hydrogen-bond donors (Lipinski definition) is 1. The summed E-state index contributed by atoms with van der Waals surface area (Å²) in [5, 5.41) is 9.84. The zero-order valence-electron chi connectivity index (χ0n) is 21.7. The zero-order chi connectivity index (χ0) is 26.5. The fourth-order valence-electron chi connectivity index (χ4n) is 4.28. The van der Waals surface area contributed by atoms with Crippen LogP contribution in [0.2, 0.25) is 0 Å². The predicted octanol–water partition coefficient (Wildman–Crippen LogP) is 2.95. The second-order valence-corrected chi connectivity index (χ2v) is 9.50. The van der Waals surface area contributed by atoms with Gasteiger partial charge in [-0.1, -0.05) is 25.7 Å². The Hall–Kier alpha value is -3.77. The third kappa shape index (κ3) is 5.81. The van der Waals surface area contributed by atoms with Gasteiger partial charge in [0.15, 0.2) is 11.5 Å². The molecule has 9 nitrogen and oxygen atoms in total. The molecule has 0 unspecified atom stereocenters. The minimum absolute atomic E-state index is 0.135. The summed E-state index contributed by atoms with van der Waals surface area (Å²) in [5.41, 5.74) is 1.40. The van der Waals surface area contributed by atoms with Crippen molar-refractivity contribution >= 4 is 11.8 Å². The minimum atomic E-state index is -0.451. The van der Waals surface area contributed by atoms with Gasteiger partial charge in [0, 0.05) is 43.3 Å². The van der Waals surface area contributed by atoms with E-state index in [0.29, 0.717) is 34.7 Å². The number of unbranched alkanes of at least 4 members (excludes halogenated alkanes) is 1. The zero-order valence-corrected chi connectivity index (χ0v) is 21.7. The number of carbonyl (C=O) groups is 2. The number of ether oxygens (including phenoxy) is 3. The third-order valence-corrected chi connectivity index (χ3v) is 6.55. The van der Waals surface area contributed by atoms with Gasteiger partial charge < -0.3 is 29.1 Å². The quantitative estimate of drug-likeness (QED) is 0.600. The van der Waals surface area contributed by atoms with E-state index in [4.69, 9.17) is 14.2 Å². The summed E-state index contributed by atoms with van der Waals surface area (Å²) in [6.07, 6.45) is 2.83. The van der Waals surface area contributed by atoms with Crippen LogP contribution in [0, 0.1) is 17.8 Å². The molecule has 0 saturated heterocycles. The SMILES string of the molecule is CCCC#Cc1cnc2c(c1)C(=O)N([C@@H](C)CO)C[C@@H](C)[C@@H](CN(C)C(=O)c1ccc3c(c1)OCO3)O2. The lowest BCUT2D eigenvalue weighted by molar-refractivity contribution is 0.0313. The average Bonchev–Trinajstić information content (AvgIpc) is 3.38. The molecule has 1 N–H and O–H groups in total. The van der Waals surface area contributed by atoms with E-state index in [-0.39, 0.29) is 43.6 Å². The van der Waals surface area contributed by atoms with Crippen molar-refractivity contribution in [1.82, 2.24) is 14.8 Å². The van der Waals surface area contributed by atoms with Crippen molar-refractivity contribution in [2.75, 3.05) is 33.5 Å². The molecule has 0 aliphatic carbocycles. The van der Waals surface area contributed by atoms with Crippen molar-refractivity contribution in [2.24, 2.45) is 5.92 Å².